The maximum atomic E-state index is 10.3. The molecule has 0 radical (unpaired) electrons. The fourth-order valence-electron chi connectivity index (χ4n) is 1.06. The van der Waals surface area contributed by atoms with Crippen LogP contribution in [-0.2, 0) is 0 Å². The summed E-state index contributed by atoms with van der Waals surface area (Å²) in [5.41, 5.74) is 1.57. The summed E-state index contributed by atoms with van der Waals surface area (Å²) in [6.45, 7) is 4.09. The normalized spacial score (nSPS) is 10.1. The number of hydrogen-bond acceptors (Lipinski definition) is 2. The van der Waals surface area contributed by atoms with E-state index in [0.717, 1.165) is 5.56 Å². The zero-order chi connectivity index (χ0) is 8.27. The Hall–Kier alpha value is -1.18. The fraction of sp³-hybridized carbons (Fsp3) is 0.333. The summed E-state index contributed by atoms with van der Waals surface area (Å²) in [6.07, 6.45) is 0. The quantitative estimate of drug-likeness (QED) is 0.593. The second-order valence-electron chi connectivity index (χ2n) is 2.80. The Morgan fingerprint density at radius 1 is 1.27 bits per heavy atom. The molecular formula is C9H11NO. The van der Waals surface area contributed by atoms with Crippen LogP contribution in [0.1, 0.15) is 25.3 Å². The first-order valence-corrected chi connectivity index (χ1v) is 3.68. The average molecular weight is 149 g/mol. The molecule has 0 saturated heterocycles. The minimum atomic E-state index is 0.365. The molecule has 0 heterocycles. The maximum Gasteiger partial charge on any atom is 0.111 e. The summed E-state index contributed by atoms with van der Waals surface area (Å²) < 4.78 is 0. The van der Waals surface area contributed by atoms with Crippen molar-refractivity contribution in [2.45, 2.75) is 19.8 Å². The van der Waals surface area contributed by atoms with Gasteiger partial charge in [0.05, 0.1) is 0 Å². The summed E-state index contributed by atoms with van der Waals surface area (Å²) in [6, 6.07) is 7.41. The van der Waals surface area contributed by atoms with Gasteiger partial charge in [-0.2, -0.15) is 0 Å². The molecule has 0 aliphatic rings. The van der Waals surface area contributed by atoms with E-state index in [1.165, 1.54) is 0 Å². The Morgan fingerprint density at radius 3 is 2.36 bits per heavy atom. The first kappa shape index (κ1) is 7.92. The molecule has 0 atom stereocenters. The van der Waals surface area contributed by atoms with Crippen LogP contribution in [0.25, 0.3) is 0 Å². The van der Waals surface area contributed by atoms with Gasteiger partial charge in [0, 0.05) is 0 Å². The van der Waals surface area contributed by atoms with Crippen LogP contribution in [0.3, 0.4) is 0 Å². The molecular weight excluding hydrogens is 138 g/mol. The number of nitroso groups, excluding NO2 is 1. The second-order valence-corrected chi connectivity index (χ2v) is 2.80. The third kappa shape index (κ3) is 1.64. The van der Waals surface area contributed by atoms with Crippen LogP contribution in [0.2, 0.25) is 0 Å². The Bertz CT molecular complexity index is 255. The van der Waals surface area contributed by atoms with Crippen LogP contribution >= 0.6 is 0 Å². The van der Waals surface area contributed by atoms with Crippen molar-refractivity contribution < 1.29 is 0 Å². The SMILES string of the molecule is CC(C)c1ccccc1N=O. The monoisotopic (exact) mass is 149 g/mol. The van der Waals surface area contributed by atoms with Gasteiger partial charge >= 0.3 is 0 Å². The average Bonchev–Trinajstić information content (AvgIpc) is 2.04. The minimum Gasteiger partial charge on any atom is -0.145 e. The van der Waals surface area contributed by atoms with E-state index in [1.54, 1.807) is 6.07 Å². The number of rotatable bonds is 2. The zero-order valence-electron chi connectivity index (χ0n) is 6.74. The highest BCUT2D eigenvalue weighted by atomic mass is 16.3. The van der Waals surface area contributed by atoms with E-state index in [1.807, 2.05) is 32.0 Å². The molecule has 0 N–H and O–H groups in total. The minimum absolute atomic E-state index is 0.365. The largest absolute Gasteiger partial charge is 0.145 e. The standard InChI is InChI=1S/C9H11NO/c1-7(2)8-5-3-4-6-9(8)10-11/h3-7H,1-2H3. The maximum absolute atomic E-state index is 10.3. The predicted molar refractivity (Wildman–Crippen MR) is 46.0 cm³/mol. The van der Waals surface area contributed by atoms with Crippen molar-refractivity contribution in [2.75, 3.05) is 0 Å². The van der Waals surface area contributed by atoms with Crippen LogP contribution in [0.15, 0.2) is 29.4 Å². The van der Waals surface area contributed by atoms with Crippen molar-refractivity contribution >= 4 is 5.69 Å². The summed E-state index contributed by atoms with van der Waals surface area (Å²) in [5, 5.41) is 2.94. The van der Waals surface area contributed by atoms with E-state index in [4.69, 9.17) is 0 Å². The summed E-state index contributed by atoms with van der Waals surface area (Å²) in [5.74, 6) is 0.365. The summed E-state index contributed by atoms with van der Waals surface area (Å²) in [7, 11) is 0. The highest BCUT2D eigenvalue weighted by molar-refractivity contribution is 5.46. The zero-order valence-corrected chi connectivity index (χ0v) is 6.74. The van der Waals surface area contributed by atoms with Gasteiger partial charge in [-0.25, -0.2) is 0 Å². The van der Waals surface area contributed by atoms with Crippen LogP contribution < -0.4 is 0 Å². The van der Waals surface area contributed by atoms with Gasteiger partial charge in [-0.3, -0.25) is 0 Å². The van der Waals surface area contributed by atoms with Crippen LogP contribution in [0.5, 0.6) is 0 Å². The van der Waals surface area contributed by atoms with Gasteiger partial charge in [-0.05, 0) is 22.7 Å². The molecule has 0 aliphatic heterocycles. The second kappa shape index (κ2) is 3.28. The molecule has 0 fully saturated rings. The highest BCUT2D eigenvalue weighted by Gasteiger charge is 2.04. The van der Waals surface area contributed by atoms with Gasteiger partial charge in [0.15, 0.2) is 0 Å². The number of benzene rings is 1. The van der Waals surface area contributed by atoms with E-state index in [0.29, 0.717) is 11.6 Å². The van der Waals surface area contributed by atoms with Crippen LogP contribution in [0.4, 0.5) is 5.69 Å². The van der Waals surface area contributed by atoms with E-state index in [2.05, 4.69) is 5.18 Å². The lowest BCUT2D eigenvalue weighted by molar-refractivity contribution is 0.866. The molecule has 2 nitrogen and oxygen atoms in total. The third-order valence-electron chi connectivity index (χ3n) is 1.66. The Morgan fingerprint density at radius 2 is 1.91 bits per heavy atom. The van der Waals surface area contributed by atoms with Crippen molar-refractivity contribution in [1.29, 1.82) is 0 Å². The van der Waals surface area contributed by atoms with E-state index in [-0.39, 0.29) is 0 Å². The molecule has 1 aromatic carbocycles. The first-order chi connectivity index (χ1) is 5.25. The van der Waals surface area contributed by atoms with E-state index >= 15 is 0 Å². The molecule has 0 bridgehead atoms. The van der Waals surface area contributed by atoms with Gasteiger partial charge in [-0.1, -0.05) is 32.0 Å². The van der Waals surface area contributed by atoms with Gasteiger partial charge in [0.1, 0.15) is 5.69 Å². The van der Waals surface area contributed by atoms with Gasteiger partial charge in [0.2, 0.25) is 0 Å². The third-order valence-corrected chi connectivity index (χ3v) is 1.66. The molecule has 0 aromatic heterocycles. The smallest absolute Gasteiger partial charge is 0.111 e. The Kier molecular flexibility index (Phi) is 2.36. The molecule has 2 heteroatoms. The number of nitrogens with zero attached hydrogens (tertiary/aromatic N) is 1. The molecule has 0 unspecified atom stereocenters. The van der Waals surface area contributed by atoms with Gasteiger partial charge in [-0.15, -0.1) is 4.91 Å². The predicted octanol–water partition coefficient (Wildman–Crippen LogP) is 3.21. The molecule has 0 saturated carbocycles. The van der Waals surface area contributed by atoms with Gasteiger partial charge in [0.25, 0.3) is 0 Å². The van der Waals surface area contributed by atoms with E-state index in [9.17, 15) is 4.91 Å². The molecule has 1 rings (SSSR count). The van der Waals surface area contributed by atoms with Crippen molar-refractivity contribution in [1.82, 2.24) is 0 Å². The van der Waals surface area contributed by atoms with Crippen molar-refractivity contribution in [2.24, 2.45) is 5.18 Å². The topological polar surface area (TPSA) is 29.4 Å². The van der Waals surface area contributed by atoms with Crippen LogP contribution in [-0.4, -0.2) is 0 Å². The highest BCUT2D eigenvalue weighted by Crippen LogP contribution is 2.25. The fourth-order valence-corrected chi connectivity index (χ4v) is 1.06. The first-order valence-electron chi connectivity index (χ1n) is 3.68. The molecule has 1 aromatic rings. The molecule has 58 valence electrons. The van der Waals surface area contributed by atoms with Gasteiger partial charge < -0.3 is 0 Å². The lowest BCUT2D eigenvalue weighted by Crippen LogP contribution is -1.85. The van der Waals surface area contributed by atoms with Crippen molar-refractivity contribution in [3.63, 3.8) is 0 Å². The van der Waals surface area contributed by atoms with Crippen LogP contribution in [0, 0.1) is 4.91 Å². The molecule has 0 amide bonds. The lowest BCUT2D eigenvalue weighted by Gasteiger charge is -2.05. The van der Waals surface area contributed by atoms with E-state index < -0.39 is 0 Å². The molecule has 11 heavy (non-hydrogen) atoms. The number of hydrogen-bond donors (Lipinski definition) is 0. The summed E-state index contributed by atoms with van der Waals surface area (Å²) in [4.78, 5) is 10.3. The van der Waals surface area contributed by atoms with Crippen molar-refractivity contribution in [3.05, 3.63) is 34.7 Å². The molecule has 0 aliphatic carbocycles. The lowest BCUT2D eigenvalue weighted by atomic mass is 10.0. The summed E-state index contributed by atoms with van der Waals surface area (Å²) >= 11 is 0. The Labute approximate surface area is 66.2 Å². The Balaban J connectivity index is 3.12. The molecule has 0 spiro atoms. The van der Waals surface area contributed by atoms with Crippen molar-refractivity contribution in [3.8, 4) is 0 Å².